The summed E-state index contributed by atoms with van der Waals surface area (Å²) in [5, 5.41) is 10.4. The van der Waals surface area contributed by atoms with E-state index in [0.29, 0.717) is 29.1 Å². The zero-order valence-corrected chi connectivity index (χ0v) is 13.5. The summed E-state index contributed by atoms with van der Waals surface area (Å²) in [6.07, 6.45) is 1.54. The van der Waals surface area contributed by atoms with Gasteiger partial charge in [-0.25, -0.2) is 19.0 Å². The highest BCUT2D eigenvalue weighted by Crippen LogP contribution is 2.16. The molecule has 10 nitrogen and oxygen atoms in total. The number of aromatic nitrogens is 4. The third-order valence-electron chi connectivity index (χ3n) is 3.20. The van der Waals surface area contributed by atoms with E-state index in [2.05, 4.69) is 25.3 Å². The molecule has 0 saturated heterocycles. The minimum absolute atomic E-state index is 0.0315. The fourth-order valence-corrected chi connectivity index (χ4v) is 2.64. The molecule has 1 unspecified atom stereocenters. The number of nitrogens with two attached hydrogens (primary N) is 2. The SMILES string of the molecule is Nc1nc(N)c2nc(CNc3ccc(S(=O)C(=O)O)cc3)cnc2n1. The number of carbonyl (C=O) groups is 1. The molecular weight excluding hydrogens is 346 g/mol. The number of nitrogens with one attached hydrogen (secondary N) is 1. The summed E-state index contributed by atoms with van der Waals surface area (Å²) in [6.45, 7) is 0.341. The lowest BCUT2D eigenvalue weighted by molar-refractivity contribution is 0.221. The Balaban J connectivity index is 1.74. The third kappa shape index (κ3) is 3.61. The fourth-order valence-electron chi connectivity index (χ4n) is 2.06. The van der Waals surface area contributed by atoms with Gasteiger partial charge in [0.15, 0.2) is 27.8 Å². The summed E-state index contributed by atoms with van der Waals surface area (Å²) in [6, 6.07) is 6.21. The molecule has 1 aromatic carbocycles. The second kappa shape index (κ2) is 6.65. The number of fused-ring (bicyclic) bond motifs is 1. The van der Waals surface area contributed by atoms with Crippen LogP contribution in [0.4, 0.5) is 22.2 Å². The lowest BCUT2D eigenvalue weighted by Gasteiger charge is -2.07. The normalized spacial score (nSPS) is 12.0. The van der Waals surface area contributed by atoms with E-state index in [9.17, 15) is 9.00 Å². The zero-order chi connectivity index (χ0) is 18.0. The average Bonchev–Trinajstić information content (AvgIpc) is 2.60. The Morgan fingerprint density at radius 3 is 2.56 bits per heavy atom. The van der Waals surface area contributed by atoms with Crippen LogP contribution < -0.4 is 16.8 Å². The Hall–Kier alpha value is -3.34. The van der Waals surface area contributed by atoms with Gasteiger partial charge in [0, 0.05) is 5.69 Å². The third-order valence-corrected chi connectivity index (χ3v) is 4.22. The van der Waals surface area contributed by atoms with Crippen molar-refractivity contribution in [1.82, 2.24) is 19.9 Å². The average molecular weight is 359 g/mol. The molecule has 11 heteroatoms. The number of rotatable bonds is 4. The first-order valence-electron chi connectivity index (χ1n) is 6.97. The van der Waals surface area contributed by atoms with Crippen LogP contribution in [0.15, 0.2) is 35.4 Å². The van der Waals surface area contributed by atoms with Gasteiger partial charge >= 0.3 is 5.30 Å². The van der Waals surface area contributed by atoms with Gasteiger partial charge in [0.2, 0.25) is 5.95 Å². The maximum atomic E-state index is 11.5. The highest BCUT2D eigenvalue weighted by molar-refractivity contribution is 7.99. The van der Waals surface area contributed by atoms with Crippen molar-refractivity contribution in [3.63, 3.8) is 0 Å². The second-order valence-electron chi connectivity index (χ2n) is 4.91. The molecule has 2 aromatic heterocycles. The first kappa shape index (κ1) is 16.5. The van der Waals surface area contributed by atoms with E-state index in [-0.39, 0.29) is 16.7 Å². The number of nitrogens with zero attached hydrogens (tertiary/aromatic N) is 4. The Bertz CT molecular complexity index is 978. The van der Waals surface area contributed by atoms with Gasteiger partial charge in [0.05, 0.1) is 23.3 Å². The number of nitrogen functional groups attached to an aromatic ring is 2. The predicted molar refractivity (Wildman–Crippen MR) is 92.2 cm³/mol. The van der Waals surface area contributed by atoms with Crippen LogP contribution in [0.5, 0.6) is 0 Å². The Labute approximate surface area is 143 Å². The monoisotopic (exact) mass is 359 g/mol. The molecule has 0 aliphatic carbocycles. The standard InChI is InChI=1S/C14H13N7O3S/c15-11-10-12(21-13(16)20-11)18-6-8(19-10)5-17-7-1-3-9(4-2-7)25(24)14(22)23/h1-4,6,17H,5H2,(H,22,23)(H4,15,16,18,20,21). The Kier molecular flexibility index (Phi) is 4.39. The van der Waals surface area contributed by atoms with E-state index in [1.54, 1.807) is 12.1 Å². The first-order valence-corrected chi connectivity index (χ1v) is 8.12. The van der Waals surface area contributed by atoms with E-state index >= 15 is 0 Å². The van der Waals surface area contributed by atoms with Crippen LogP contribution in [0.2, 0.25) is 0 Å². The molecule has 3 rings (SSSR count). The molecule has 0 saturated carbocycles. The smallest absolute Gasteiger partial charge is 0.400 e. The predicted octanol–water partition coefficient (Wildman–Crippen LogP) is 0.982. The van der Waals surface area contributed by atoms with Gasteiger partial charge in [-0.3, -0.25) is 0 Å². The molecule has 128 valence electrons. The van der Waals surface area contributed by atoms with Gasteiger partial charge in [-0.15, -0.1) is 0 Å². The molecule has 0 aliphatic rings. The van der Waals surface area contributed by atoms with Gasteiger partial charge in [0.25, 0.3) is 0 Å². The van der Waals surface area contributed by atoms with E-state index in [0.717, 1.165) is 0 Å². The number of anilines is 3. The van der Waals surface area contributed by atoms with Crippen molar-refractivity contribution < 1.29 is 14.1 Å². The van der Waals surface area contributed by atoms with E-state index in [4.69, 9.17) is 16.6 Å². The topological polar surface area (TPSA) is 170 Å². The quantitative estimate of drug-likeness (QED) is 0.526. The molecule has 0 amide bonds. The number of carboxylic acid groups (broad SMARTS) is 1. The molecule has 6 N–H and O–H groups in total. The van der Waals surface area contributed by atoms with Crippen LogP contribution in [-0.2, 0) is 17.3 Å². The Morgan fingerprint density at radius 1 is 1.16 bits per heavy atom. The van der Waals surface area contributed by atoms with E-state index in [1.165, 1.54) is 18.3 Å². The number of benzene rings is 1. The minimum atomic E-state index is -2.08. The van der Waals surface area contributed by atoms with Crippen LogP contribution in [0.1, 0.15) is 5.69 Å². The maximum Gasteiger partial charge on any atom is 0.400 e. The van der Waals surface area contributed by atoms with Gasteiger partial charge < -0.3 is 21.9 Å². The fraction of sp³-hybridized carbons (Fsp3) is 0.0714. The van der Waals surface area contributed by atoms with Crippen molar-refractivity contribution in [3.8, 4) is 0 Å². The van der Waals surface area contributed by atoms with Gasteiger partial charge in [-0.05, 0) is 24.3 Å². The highest BCUT2D eigenvalue weighted by atomic mass is 32.2. The largest absolute Gasteiger partial charge is 0.471 e. The van der Waals surface area contributed by atoms with Crippen molar-refractivity contribution in [2.75, 3.05) is 16.8 Å². The summed E-state index contributed by atoms with van der Waals surface area (Å²) in [5.41, 5.74) is 13.3. The molecule has 25 heavy (non-hydrogen) atoms. The van der Waals surface area contributed by atoms with Crippen LogP contribution >= 0.6 is 0 Å². The minimum Gasteiger partial charge on any atom is -0.471 e. The molecule has 3 aromatic rings. The molecule has 0 fully saturated rings. The lowest BCUT2D eigenvalue weighted by atomic mass is 10.3. The summed E-state index contributed by atoms with van der Waals surface area (Å²) < 4.78 is 11.5. The molecule has 1 atom stereocenters. The van der Waals surface area contributed by atoms with Crippen LogP contribution in [0, 0.1) is 0 Å². The molecule has 0 bridgehead atoms. The van der Waals surface area contributed by atoms with E-state index < -0.39 is 16.1 Å². The summed E-state index contributed by atoms with van der Waals surface area (Å²) in [7, 11) is -2.08. The summed E-state index contributed by atoms with van der Waals surface area (Å²) >= 11 is 0. The second-order valence-corrected chi connectivity index (χ2v) is 6.27. The summed E-state index contributed by atoms with van der Waals surface area (Å²) in [4.78, 5) is 27.2. The van der Waals surface area contributed by atoms with Crippen molar-refractivity contribution in [2.45, 2.75) is 11.4 Å². The van der Waals surface area contributed by atoms with Crippen molar-refractivity contribution in [1.29, 1.82) is 0 Å². The number of hydrogen-bond donors (Lipinski definition) is 4. The number of hydrogen-bond acceptors (Lipinski definition) is 9. The maximum absolute atomic E-state index is 11.5. The molecular formula is C14H13N7O3S. The van der Waals surface area contributed by atoms with E-state index in [1.807, 2.05) is 0 Å². The molecule has 0 radical (unpaired) electrons. The summed E-state index contributed by atoms with van der Waals surface area (Å²) in [5.74, 6) is 0.182. The molecule has 0 aliphatic heterocycles. The van der Waals surface area contributed by atoms with Crippen molar-refractivity contribution in [3.05, 3.63) is 36.2 Å². The van der Waals surface area contributed by atoms with Crippen LogP contribution in [0.25, 0.3) is 11.2 Å². The highest BCUT2D eigenvalue weighted by Gasteiger charge is 2.12. The van der Waals surface area contributed by atoms with Gasteiger partial charge in [-0.1, -0.05) is 0 Å². The van der Waals surface area contributed by atoms with Crippen LogP contribution in [0.3, 0.4) is 0 Å². The van der Waals surface area contributed by atoms with Crippen LogP contribution in [-0.4, -0.2) is 34.6 Å². The van der Waals surface area contributed by atoms with Gasteiger partial charge in [0.1, 0.15) is 0 Å². The van der Waals surface area contributed by atoms with Gasteiger partial charge in [-0.2, -0.15) is 9.97 Å². The Morgan fingerprint density at radius 2 is 1.88 bits per heavy atom. The first-order chi connectivity index (χ1) is 11.9. The van der Waals surface area contributed by atoms with Crippen molar-refractivity contribution in [2.24, 2.45) is 0 Å². The lowest BCUT2D eigenvalue weighted by Crippen LogP contribution is -2.07. The molecule has 2 heterocycles. The van der Waals surface area contributed by atoms with Crippen molar-refractivity contribution >= 4 is 44.7 Å². The zero-order valence-electron chi connectivity index (χ0n) is 12.7. The molecule has 0 spiro atoms.